The number of carbonyl (C=O) groups excluding carboxylic acids is 1. The first-order valence-corrected chi connectivity index (χ1v) is 8.04. The van der Waals surface area contributed by atoms with Crippen LogP contribution in [0, 0.1) is 5.82 Å². The lowest BCUT2D eigenvalue weighted by Crippen LogP contribution is -2.14. The quantitative estimate of drug-likeness (QED) is 0.702. The lowest BCUT2D eigenvalue weighted by Gasteiger charge is -2.09. The van der Waals surface area contributed by atoms with Gasteiger partial charge < -0.3 is 15.4 Å². The van der Waals surface area contributed by atoms with Crippen LogP contribution in [0.25, 0.3) is 0 Å². The van der Waals surface area contributed by atoms with Crippen LogP contribution in [0.5, 0.6) is 5.75 Å². The van der Waals surface area contributed by atoms with Gasteiger partial charge in [0.2, 0.25) is 0 Å². The lowest BCUT2D eigenvalue weighted by atomic mass is 10.2. The molecule has 0 aliphatic heterocycles. The Labute approximate surface area is 150 Å². The van der Waals surface area contributed by atoms with Gasteiger partial charge in [-0.25, -0.2) is 4.39 Å². The fourth-order valence-electron chi connectivity index (χ4n) is 2.37. The third-order valence-electron chi connectivity index (χ3n) is 3.78. The number of benzene rings is 2. The van der Waals surface area contributed by atoms with Crippen molar-refractivity contribution in [1.82, 2.24) is 4.98 Å². The van der Waals surface area contributed by atoms with E-state index in [1.165, 1.54) is 12.3 Å². The molecule has 1 aromatic heterocycles. The highest BCUT2D eigenvalue weighted by Crippen LogP contribution is 2.17. The molecule has 0 saturated carbocycles. The fourth-order valence-corrected chi connectivity index (χ4v) is 2.37. The van der Waals surface area contributed by atoms with Crippen molar-refractivity contribution in [2.24, 2.45) is 0 Å². The van der Waals surface area contributed by atoms with E-state index in [0.29, 0.717) is 29.2 Å². The minimum atomic E-state index is -0.329. The van der Waals surface area contributed by atoms with E-state index >= 15 is 0 Å². The molecule has 2 N–H and O–H groups in total. The topological polar surface area (TPSA) is 63.2 Å². The molecule has 3 aromatic rings. The molecule has 0 bridgehead atoms. The summed E-state index contributed by atoms with van der Waals surface area (Å²) in [5.74, 6) is 0.108. The highest BCUT2D eigenvalue weighted by Gasteiger charge is 2.09. The number of carbonyl (C=O) groups is 1. The third kappa shape index (κ3) is 4.36. The summed E-state index contributed by atoms with van der Waals surface area (Å²) in [6.07, 6.45) is 1.53. The highest BCUT2D eigenvalue weighted by atomic mass is 19.1. The molecular formula is C20H18FN3O2. The number of halogens is 1. The van der Waals surface area contributed by atoms with Gasteiger partial charge in [0.25, 0.3) is 5.91 Å². The summed E-state index contributed by atoms with van der Waals surface area (Å²) in [6.45, 7) is 0.316. The van der Waals surface area contributed by atoms with E-state index in [-0.39, 0.29) is 17.4 Å². The molecular weight excluding hydrogens is 333 g/mol. The van der Waals surface area contributed by atoms with Crippen LogP contribution in [0.4, 0.5) is 15.8 Å². The van der Waals surface area contributed by atoms with E-state index in [4.69, 9.17) is 4.74 Å². The van der Waals surface area contributed by atoms with Crippen molar-refractivity contribution in [3.8, 4) is 5.75 Å². The predicted molar refractivity (Wildman–Crippen MR) is 98.9 cm³/mol. The minimum Gasteiger partial charge on any atom is -0.497 e. The molecule has 1 amide bonds. The van der Waals surface area contributed by atoms with Gasteiger partial charge in [0.05, 0.1) is 7.11 Å². The van der Waals surface area contributed by atoms with Crippen molar-refractivity contribution in [3.63, 3.8) is 0 Å². The number of nitrogens with one attached hydrogen (secondary N) is 2. The summed E-state index contributed by atoms with van der Waals surface area (Å²) in [6, 6.07) is 16.9. The molecule has 132 valence electrons. The lowest BCUT2D eigenvalue weighted by molar-refractivity contribution is 0.102. The molecule has 0 aliphatic rings. The average molecular weight is 351 g/mol. The second-order valence-corrected chi connectivity index (χ2v) is 5.56. The van der Waals surface area contributed by atoms with E-state index in [0.717, 1.165) is 0 Å². The molecule has 2 aromatic carbocycles. The number of hydrogen-bond donors (Lipinski definition) is 2. The second-order valence-electron chi connectivity index (χ2n) is 5.56. The molecule has 0 unspecified atom stereocenters. The van der Waals surface area contributed by atoms with E-state index < -0.39 is 0 Å². The summed E-state index contributed by atoms with van der Waals surface area (Å²) >= 11 is 0. The zero-order chi connectivity index (χ0) is 18.4. The van der Waals surface area contributed by atoms with Gasteiger partial charge in [-0.2, -0.15) is 0 Å². The Morgan fingerprint density at radius 1 is 1.08 bits per heavy atom. The first-order valence-electron chi connectivity index (χ1n) is 8.04. The Bertz CT molecular complexity index is 898. The Balaban J connectivity index is 1.66. The van der Waals surface area contributed by atoms with E-state index in [2.05, 4.69) is 15.6 Å². The maximum Gasteiger partial charge on any atom is 0.274 e. The third-order valence-corrected chi connectivity index (χ3v) is 3.78. The van der Waals surface area contributed by atoms with Gasteiger partial charge >= 0.3 is 0 Å². The van der Waals surface area contributed by atoms with Crippen LogP contribution in [0.3, 0.4) is 0 Å². The van der Waals surface area contributed by atoms with Gasteiger partial charge in [-0.15, -0.1) is 0 Å². The maximum atomic E-state index is 13.7. The molecule has 0 spiro atoms. The zero-order valence-corrected chi connectivity index (χ0v) is 14.2. The number of methoxy groups -OCH3 is 1. The van der Waals surface area contributed by atoms with Gasteiger partial charge in [-0.05, 0) is 42.5 Å². The molecule has 1 heterocycles. The predicted octanol–water partition coefficient (Wildman–Crippen LogP) is 4.09. The second kappa shape index (κ2) is 8.11. The van der Waals surface area contributed by atoms with Crippen LogP contribution in [-0.4, -0.2) is 18.0 Å². The van der Waals surface area contributed by atoms with Gasteiger partial charge in [0, 0.05) is 29.7 Å². The van der Waals surface area contributed by atoms with E-state index in [1.54, 1.807) is 61.7 Å². The van der Waals surface area contributed by atoms with Gasteiger partial charge in [-0.3, -0.25) is 9.78 Å². The number of anilines is 2. The standard InChI is InChI=1S/C20H18FN3O2/c1-26-17-8-6-15(7-9-17)24-20(25)19-12-16(10-11-22-19)23-13-14-4-2-3-5-18(14)21/h2-12H,13H2,1H3,(H,22,23)(H,24,25). The normalized spacial score (nSPS) is 10.2. The fraction of sp³-hybridized carbons (Fsp3) is 0.100. The number of hydrogen-bond acceptors (Lipinski definition) is 4. The Kier molecular flexibility index (Phi) is 5.43. The van der Waals surface area contributed by atoms with Crippen LogP contribution in [-0.2, 0) is 6.54 Å². The molecule has 26 heavy (non-hydrogen) atoms. The molecule has 5 nitrogen and oxygen atoms in total. The van der Waals surface area contributed by atoms with Crippen molar-refractivity contribution < 1.29 is 13.9 Å². The van der Waals surface area contributed by atoms with Crippen LogP contribution in [0.1, 0.15) is 16.1 Å². The summed E-state index contributed by atoms with van der Waals surface area (Å²) in [5.41, 5.74) is 2.14. The molecule has 6 heteroatoms. The number of rotatable bonds is 6. The molecule has 0 radical (unpaired) electrons. The van der Waals surface area contributed by atoms with Gasteiger partial charge in [-0.1, -0.05) is 18.2 Å². The average Bonchev–Trinajstić information content (AvgIpc) is 2.68. The monoisotopic (exact) mass is 351 g/mol. The number of aromatic nitrogens is 1. The summed E-state index contributed by atoms with van der Waals surface area (Å²) in [5, 5.41) is 5.87. The SMILES string of the molecule is COc1ccc(NC(=O)c2cc(NCc3ccccc3F)ccn2)cc1. The Morgan fingerprint density at radius 2 is 1.85 bits per heavy atom. The first-order chi connectivity index (χ1) is 12.7. The summed E-state index contributed by atoms with van der Waals surface area (Å²) in [4.78, 5) is 16.4. The summed E-state index contributed by atoms with van der Waals surface area (Å²) in [7, 11) is 1.58. The zero-order valence-electron chi connectivity index (χ0n) is 14.2. The maximum absolute atomic E-state index is 13.7. The van der Waals surface area contributed by atoms with Crippen molar-refractivity contribution in [3.05, 3.63) is 83.9 Å². The van der Waals surface area contributed by atoms with Crippen LogP contribution in [0.15, 0.2) is 66.9 Å². The van der Waals surface area contributed by atoms with E-state index in [9.17, 15) is 9.18 Å². The molecule has 0 aliphatic carbocycles. The number of nitrogens with zero attached hydrogens (tertiary/aromatic N) is 1. The number of amides is 1. The molecule has 0 atom stereocenters. The number of ether oxygens (including phenoxy) is 1. The van der Waals surface area contributed by atoms with Crippen LogP contribution >= 0.6 is 0 Å². The van der Waals surface area contributed by atoms with Gasteiger partial charge in [0.15, 0.2) is 0 Å². The molecule has 0 fully saturated rings. The van der Waals surface area contributed by atoms with E-state index in [1.807, 2.05) is 0 Å². The Morgan fingerprint density at radius 3 is 2.58 bits per heavy atom. The van der Waals surface area contributed by atoms with Crippen molar-refractivity contribution in [2.75, 3.05) is 17.7 Å². The molecule has 3 rings (SSSR count). The largest absolute Gasteiger partial charge is 0.497 e. The van der Waals surface area contributed by atoms with Crippen LogP contribution in [0.2, 0.25) is 0 Å². The van der Waals surface area contributed by atoms with Crippen LogP contribution < -0.4 is 15.4 Å². The Hall–Kier alpha value is -3.41. The highest BCUT2D eigenvalue weighted by molar-refractivity contribution is 6.03. The van der Waals surface area contributed by atoms with Crippen molar-refractivity contribution in [2.45, 2.75) is 6.54 Å². The van der Waals surface area contributed by atoms with Crippen molar-refractivity contribution in [1.29, 1.82) is 0 Å². The number of pyridine rings is 1. The minimum absolute atomic E-state index is 0.263. The summed E-state index contributed by atoms with van der Waals surface area (Å²) < 4.78 is 18.8. The smallest absolute Gasteiger partial charge is 0.274 e. The first kappa shape index (κ1) is 17.4. The van der Waals surface area contributed by atoms with Gasteiger partial charge in [0.1, 0.15) is 17.3 Å². The molecule has 0 saturated heterocycles. The van der Waals surface area contributed by atoms with Crippen molar-refractivity contribution >= 4 is 17.3 Å².